The first-order valence-corrected chi connectivity index (χ1v) is 7.34. The van der Waals surface area contributed by atoms with Gasteiger partial charge < -0.3 is 14.8 Å². The summed E-state index contributed by atoms with van der Waals surface area (Å²) in [4.78, 5) is 11.1. The number of hydrogen-bond acceptors (Lipinski definition) is 4. The van der Waals surface area contributed by atoms with Crippen molar-refractivity contribution in [3.63, 3.8) is 0 Å². The number of fused-ring (bicyclic) bond motifs is 1. The predicted molar refractivity (Wildman–Crippen MR) is 81.9 cm³/mol. The minimum absolute atomic E-state index is 0.527. The molecule has 3 rings (SSSR count). The zero-order valence-electron chi connectivity index (χ0n) is 12.5. The van der Waals surface area contributed by atoms with Crippen LogP contribution >= 0.6 is 0 Å². The second-order valence-electron chi connectivity index (χ2n) is 6.00. The molecule has 0 aromatic carbocycles. The lowest BCUT2D eigenvalue weighted by molar-refractivity contribution is 0.221. The van der Waals surface area contributed by atoms with Gasteiger partial charge in [-0.05, 0) is 45.8 Å². The summed E-state index contributed by atoms with van der Waals surface area (Å²) in [6.07, 6.45) is 8.61. The molecule has 2 aromatic rings. The predicted octanol–water partition coefficient (Wildman–Crippen LogP) is 2.25. The van der Waals surface area contributed by atoms with E-state index >= 15 is 0 Å². The second kappa shape index (κ2) is 5.40. The lowest BCUT2D eigenvalue weighted by atomic mass is 9.90. The fraction of sp³-hybridized carbons (Fsp3) is 0.600. The molecule has 0 radical (unpaired) electrons. The van der Waals surface area contributed by atoms with E-state index in [4.69, 9.17) is 0 Å². The lowest BCUT2D eigenvalue weighted by Crippen LogP contribution is -2.36. The molecular formula is C15H23N5. The topological polar surface area (TPSA) is 46.0 Å². The highest BCUT2D eigenvalue weighted by Crippen LogP contribution is 2.26. The number of aromatic nitrogens is 3. The Balaban J connectivity index is 1.73. The van der Waals surface area contributed by atoms with Crippen LogP contribution in [0.1, 0.15) is 25.7 Å². The van der Waals surface area contributed by atoms with Crippen LogP contribution in [-0.4, -0.2) is 45.6 Å². The normalized spacial score (nSPS) is 23.4. The number of anilines is 1. The first kappa shape index (κ1) is 13.4. The third-order valence-corrected chi connectivity index (χ3v) is 4.43. The van der Waals surface area contributed by atoms with E-state index < -0.39 is 0 Å². The average Bonchev–Trinajstić information content (AvgIpc) is 2.82. The quantitative estimate of drug-likeness (QED) is 0.931. The van der Waals surface area contributed by atoms with Crippen LogP contribution < -0.4 is 5.32 Å². The van der Waals surface area contributed by atoms with Crippen molar-refractivity contribution in [3.05, 3.63) is 18.6 Å². The van der Waals surface area contributed by atoms with Crippen LogP contribution in [0.25, 0.3) is 11.0 Å². The van der Waals surface area contributed by atoms with Crippen molar-refractivity contribution in [2.24, 2.45) is 7.05 Å². The number of aryl methyl sites for hydroxylation is 1. The SMILES string of the molecule is CN(C)C1CCC(Nc2ncnc3ccn(C)c23)CC1. The minimum Gasteiger partial charge on any atom is -0.365 e. The van der Waals surface area contributed by atoms with Crippen LogP contribution in [0.5, 0.6) is 0 Å². The highest BCUT2D eigenvalue weighted by atomic mass is 15.1. The molecule has 1 N–H and O–H groups in total. The summed E-state index contributed by atoms with van der Waals surface area (Å²) >= 11 is 0. The maximum absolute atomic E-state index is 4.43. The zero-order chi connectivity index (χ0) is 14.1. The van der Waals surface area contributed by atoms with Gasteiger partial charge in [-0.15, -0.1) is 0 Å². The highest BCUT2D eigenvalue weighted by Gasteiger charge is 2.23. The van der Waals surface area contributed by atoms with E-state index in [0.29, 0.717) is 6.04 Å². The number of hydrogen-bond donors (Lipinski definition) is 1. The van der Waals surface area contributed by atoms with Gasteiger partial charge in [0.05, 0.1) is 5.52 Å². The standard InChI is InChI=1S/C15H23N5/c1-19(2)12-6-4-11(5-7-12)18-15-14-13(16-10-17-15)8-9-20(14)3/h8-12H,4-7H2,1-3H3,(H,16,17,18). The van der Waals surface area contributed by atoms with E-state index in [2.05, 4.69) is 38.8 Å². The minimum atomic E-state index is 0.527. The summed E-state index contributed by atoms with van der Waals surface area (Å²) in [6, 6.07) is 3.29. The number of nitrogens with zero attached hydrogens (tertiary/aromatic N) is 4. The Labute approximate surface area is 120 Å². The monoisotopic (exact) mass is 273 g/mol. The van der Waals surface area contributed by atoms with E-state index in [1.54, 1.807) is 6.33 Å². The van der Waals surface area contributed by atoms with E-state index in [1.165, 1.54) is 25.7 Å². The Morgan fingerprint density at radius 3 is 2.65 bits per heavy atom. The molecule has 2 aromatic heterocycles. The van der Waals surface area contributed by atoms with Gasteiger partial charge in [-0.25, -0.2) is 9.97 Å². The maximum atomic E-state index is 4.43. The number of rotatable bonds is 3. The van der Waals surface area contributed by atoms with Crippen molar-refractivity contribution in [2.45, 2.75) is 37.8 Å². The summed E-state index contributed by atoms with van der Waals surface area (Å²) in [5, 5.41) is 3.62. The highest BCUT2D eigenvalue weighted by molar-refractivity contribution is 5.86. The van der Waals surface area contributed by atoms with Crippen molar-refractivity contribution in [2.75, 3.05) is 19.4 Å². The molecule has 5 heteroatoms. The first-order chi connectivity index (χ1) is 9.65. The van der Waals surface area contributed by atoms with Crippen molar-refractivity contribution in [3.8, 4) is 0 Å². The third kappa shape index (κ3) is 2.50. The molecule has 1 saturated carbocycles. The molecule has 108 valence electrons. The summed E-state index contributed by atoms with van der Waals surface area (Å²) in [5.74, 6) is 0.968. The maximum Gasteiger partial charge on any atom is 0.154 e. The Morgan fingerprint density at radius 1 is 1.20 bits per heavy atom. The molecule has 2 heterocycles. The molecule has 0 bridgehead atoms. The molecule has 1 aliphatic carbocycles. The molecule has 0 amide bonds. The Bertz CT molecular complexity index is 581. The molecule has 5 nitrogen and oxygen atoms in total. The van der Waals surface area contributed by atoms with Crippen LogP contribution in [0.15, 0.2) is 18.6 Å². The van der Waals surface area contributed by atoms with Gasteiger partial charge in [-0.1, -0.05) is 0 Å². The van der Waals surface area contributed by atoms with Crippen molar-refractivity contribution >= 4 is 16.9 Å². The van der Waals surface area contributed by atoms with Gasteiger partial charge in [0.25, 0.3) is 0 Å². The first-order valence-electron chi connectivity index (χ1n) is 7.34. The molecule has 1 aliphatic rings. The van der Waals surface area contributed by atoms with Gasteiger partial charge in [0.1, 0.15) is 11.8 Å². The molecule has 0 aliphatic heterocycles. The Hall–Kier alpha value is -1.62. The molecule has 0 unspecified atom stereocenters. The van der Waals surface area contributed by atoms with Crippen molar-refractivity contribution < 1.29 is 0 Å². The van der Waals surface area contributed by atoms with Gasteiger partial charge in [-0.2, -0.15) is 0 Å². The summed E-state index contributed by atoms with van der Waals surface area (Å²) in [5.41, 5.74) is 2.11. The summed E-state index contributed by atoms with van der Waals surface area (Å²) in [6.45, 7) is 0. The van der Waals surface area contributed by atoms with Gasteiger partial charge in [0.2, 0.25) is 0 Å². The second-order valence-corrected chi connectivity index (χ2v) is 6.00. The van der Waals surface area contributed by atoms with Crippen LogP contribution in [-0.2, 0) is 7.05 Å². The third-order valence-electron chi connectivity index (χ3n) is 4.43. The fourth-order valence-corrected chi connectivity index (χ4v) is 3.15. The summed E-state index contributed by atoms with van der Waals surface area (Å²) < 4.78 is 2.09. The van der Waals surface area contributed by atoms with E-state index in [-0.39, 0.29) is 0 Å². The van der Waals surface area contributed by atoms with Gasteiger partial charge in [0, 0.05) is 25.3 Å². The van der Waals surface area contributed by atoms with Crippen LogP contribution in [0.4, 0.5) is 5.82 Å². The fourth-order valence-electron chi connectivity index (χ4n) is 3.15. The smallest absolute Gasteiger partial charge is 0.154 e. The largest absolute Gasteiger partial charge is 0.365 e. The van der Waals surface area contributed by atoms with E-state index in [9.17, 15) is 0 Å². The van der Waals surface area contributed by atoms with Crippen molar-refractivity contribution in [1.82, 2.24) is 19.4 Å². The van der Waals surface area contributed by atoms with Gasteiger partial charge >= 0.3 is 0 Å². The average molecular weight is 273 g/mol. The Kier molecular flexibility index (Phi) is 3.61. The van der Waals surface area contributed by atoms with Crippen LogP contribution in [0.2, 0.25) is 0 Å². The molecule has 20 heavy (non-hydrogen) atoms. The molecule has 1 fully saturated rings. The molecular weight excluding hydrogens is 250 g/mol. The molecule has 0 atom stereocenters. The van der Waals surface area contributed by atoms with Gasteiger partial charge in [-0.3, -0.25) is 0 Å². The lowest BCUT2D eigenvalue weighted by Gasteiger charge is -2.33. The van der Waals surface area contributed by atoms with Crippen molar-refractivity contribution in [1.29, 1.82) is 0 Å². The van der Waals surface area contributed by atoms with Crippen LogP contribution in [0.3, 0.4) is 0 Å². The number of nitrogens with one attached hydrogen (secondary N) is 1. The van der Waals surface area contributed by atoms with E-state index in [1.807, 2.05) is 19.3 Å². The van der Waals surface area contributed by atoms with Gasteiger partial charge in [0.15, 0.2) is 5.82 Å². The summed E-state index contributed by atoms with van der Waals surface area (Å²) in [7, 11) is 6.40. The van der Waals surface area contributed by atoms with E-state index in [0.717, 1.165) is 22.9 Å². The molecule has 0 saturated heterocycles. The van der Waals surface area contributed by atoms with Crippen LogP contribution in [0, 0.1) is 0 Å². The Morgan fingerprint density at radius 2 is 1.95 bits per heavy atom. The zero-order valence-corrected chi connectivity index (χ0v) is 12.5. The molecule has 0 spiro atoms.